The Balaban J connectivity index is 1.81. The second-order valence-electron chi connectivity index (χ2n) is 6.91. The molecule has 2 aromatic rings. The maximum absolute atomic E-state index is 12.0. The van der Waals surface area contributed by atoms with Gasteiger partial charge in [0.05, 0.1) is 23.8 Å². The molecule has 6 nitrogen and oxygen atoms in total. The molecule has 0 radical (unpaired) electrons. The zero-order chi connectivity index (χ0) is 21.9. The van der Waals surface area contributed by atoms with E-state index in [1.54, 1.807) is 74.5 Å². The fourth-order valence-electron chi connectivity index (χ4n) is 2.45. The van der Waals surface area contributed by atoms with Gasteiger partial charge in [0, 0.05) is 11.5 Å². The minimum atomic E-state index is -0.824. The molecule has 2 rings (SSSR count). The van der Waals surface area contributed by atoms with Gasteiger partial charge in [-0.05, 0) is 43.7 Å². The molecule has 0 spiro atoms. The summed E-state index contributed by atoms with van der Waals surface area (Å²) in [5.74, 6) is -1.42. The number of carbonyl (C=O) groups excluding carboxylic acids is 2. The molecule has 30 heavy (non-hydrogen) atoms. The Labute approximate surface area is 176 Å². The van der Waals surface area contributed by atoms with Crippen LogP contribution in [0.25, 0.3) is 0 Å². The lowest BCUT2D eigenvalue weighted by atomic mass is 10.0. The van der Waals surface area contributed by atoms with Crippen molar-refractivity contribution in [3.05, 3.63) is 95.5 Å². The van der Waals surface area contributed by atoms with E-state index in [-0.39, 0.29) is 24.7 Å². The summed E-state index contributed by atoms with van der Waals surface area (Å²) >= 11 is 0. The predicted molar refractivity (Wildman–Crippen MR) is 113 cm³/mol. The molecule has 6 heteroatoms. The number of hydrogen-bond donors (Lipinski definition) is 2. The van der Waals surface area contributed by atoms with Crippen molar-refractivity contribution >= 4 is 11.9 Å². The summed E-state index contributed by atoms with van der Waals surface area (Å²) < 4.78 is 10.3. The Hall–Kier alpha value is -3.38. The van der Waals surface area contributed by atoms with Crippen molar-refractivity contribution in [1.29, 1.82) is 0 Å². The molecule has 0 aliphatic carbocycles. The summed E-state index contributed by atoms with van der Waals surface area (Å²) in [5.41, 5.74) is 1.19. The van der Waals surface area contributed by atoms with Gasteiger partial charge < -0.3 is 19.7 Å². The number of esters is 2. The van der Waals surface area contributed by atoms with Crippen molar-refractivity contribution in [2.75, 3.05) is 6.61 Å². The third kappa shape index (κ3) is 7.22. The van der Waals surface area contributed by atoms with E-state index in [9.17, 15) is 19.8 Å². The van der Waals surface area contributed by atoms with Crippen LogP contribution in [0.4, 0.5) is 0 Å². The topological polar surface area (TPSA) is 93.1 Å². The average molecular weight is 410 g/mol. The minimum Gasteiger partial charge on any atom is -0.508 e. The summed E-state index contributed by atoms with van der Waals surface area (Å²) in [4.78, 5) is 23.9. The Morgan fingerprint density at radius 2 is 1.50 bits per heavy atom. The zero-order valence-electron chi connectivity index (χ0n) is 17.0. The highest BCUT2D eigenvalue weighted by molar-refractivity contribution is 5.90. The highest BCUT2D eigenvalue weighted by Gasteiger charge is 2.17. The Morgan fingerprint density at radius 3 is 2.07 bits per heavy atom. The normalized spacial score (nSPS) is 14.0. The molecular formula is C24H26O6. The van der Waals surface area contributed by atoms with Crippen molar-refractivity contribution in [2.45, 2.75) is 26.4 Å². The summed E-state index contributed by atoms with van der Waals surface area (Å²) in [7, 11) is 0. The molecule has 0 saturated carbocycles. The van der Waals surface area contributed by atoms with Crippen molar-refractivity contribution in [3.63, 3.8) is 0 Å². The van der Waals surface area contributed by atoms with Gasteiger partial charge in [-0.25, -0.2) is 9.59 Å². The number of rotatable bonds is 9. The number of allylic oxidation sites excluding steroid dienone is 1. The van der Waals surface area contributed by atoms with E-state index in [0.29, 0.717) is 16.7 Å². The molecule has 158 valence electrons. The highest BCUT2D eigenvalue weighted by atomic mass is 16.5. The molecule has 0 saturated heterocycles. The van der Waals surface area contributed by atoms with E-state index in [4.69, 9.17) is 9.47 Å². The van der Waals surface area contributed by atoms with Crippen LogP contribution in [-0.4, -0.2) is 34.9 Å². The van der Waals surface area contributed by atoms with Crippen LogP contribution in [0, 0.1) is 5.92 Å². The smallest absolute Gasteiger partial charge is 0.342 e. The first-order chi connectivity index (χ1) is 14.4. The van der Waals surface area contributed by atoms with Gasteiger partial charge in [-0.3, -0.25) is 0 Å². The van der Waals surface area contributed by atoms with E-state index < -0.39 is 18.0 Å². The van der Waals surface area contributed by atoms with Crippen molar-refractivity contribution < 1.29 is 29.3 Å². The summed E-state index contributed by atoms with van der Waals surface area (Å²) in [6, 6.07) is 17.1. The average Bonchev–Trinajstić information content (AvgIpc) is 2.79. The van der Waals surface area contributed by atoms with Crippen LogP contribution in [0.2, 0.25) is 0 Å². The highest BCUT2D eigenvalue weighted by Crippen LogP contribution is 2.14. The first-order valence-corrected chi connectivity index (χ1v) is 9.61. The third-order valence-electron chi connectivity index (χ3n) is 4.45. The van der Waals surface area contributed by atoms with Gasteiger partial charge in [-0.2, -0.15) is 0 Å². The second kappa shape index (κ2) is 11.6. The summed E-state index contributed by atoms with van der Waals surface area (Å²) in [5, 5.41) is 20.4. The van der Waals surface area contributed by atoms with E-state index in [1.807, 2.05) is 0 Å². The second-order valence-corrected chi connectivity index (χ2v) is 6.91. The molecule has 0 bridgehead atoms. The maximum Gasteiger partial charge on any atom is 0.342 e. The molecular weight excluding hydrogens is 384 g/mol. The quantitative estimate of drug-likeness (QED) is 0.361. The fourth-order valence-corrected chi connectivity index (χ4v) is 2.45. The maximum atomic E-state index is 12.0. The van der Waals surface area contributed by atoms with Crippen LogP contribution in [0.1, 0.15) is 41.0 Å². The molecule has 2 N–H and O–H groups in total. The molecule has 0 aliphatic heterocycles. The summed E-state index contributed by atoms with van der Waals surface area (Å²) in [6.45, 7) is 3.38. The Kier molecular flexibility index (Phi) is 8.84. The standard InChI is InChI=1S/C24H26O6/c1-17(15-29-23(27)19-9-5-3-6-10-19)21(25)13-14-22(26)18(2)16-30-24(28)20-11-7-4-8-12-20/h3-13,15,18,22,25-26H,14,16H2,1-2H3. The number of aliphatic hydroxyl groups excluding tert-OH is 2. The van der Waals surface area contributed by atoms with Crippen LogP contribution in [0.3, 0.4) is 0 Å². The number of hydrogen-bond acceptors (Lipinski definition) is 6. The van der Waals surface area contributed by atoms with E-state index in [2.05, 4.69) is 0 Å². The monoisotopic (exact) mass is 410 g/mol. The lowest BCUT2D eigenvalue weighted by Crippen LogP contribution is -2.23. The lowest BCUT2D eigenvalue weighted by Gasteiger charge is -2.17. The first kappa shape index (κ1) is 22.9. The predicted octanol–water partition coefficient (Wildman–Crippen LogP) is 4.43. The summed E-state index contributed by atoms with van der Waals surface area (Å²) in [6.07, 6.45) is 1.92. The molecule has 0 fully saturated rings. The van der Waals surface area contributed by atoms with Gasteiger partial charge in [-0.1, -0.05) is 43.3 Å². The van der Waals surface area contributed by atoms with Gasteiger partial charge >= 0.3 is 11.9 Å². The first-order valence-electron chi connectivity index (χ1n) is 9.61. The molecule has 0 aromatic heterocycles. The zero-order valence-corrected chi connectivity index (χ0v) is 17.0. The lowest BCUT2D eigenvalue weighted by molar-refractivity contribution is 0.0272. The van der Waals surface area contributed by atoms with Crippen molar-refractivity contribution in [2.24, 2.45) is 5.92 Å². The van der Waals surface area contributed by atoms with Crippen molar-refractivity contribution in [1.82, 2.24) is 0 Å². The van der Waals surface area contributed by atoms with E-state index in [1.165, 1.54) is 12.3 Å². The third-order valence-corrected chi connectivity index (χ3v) is 4.45. The van der Waals surface area contributed by atoms with Gasteiger partial charge in [0.15, 0.2) is 0 Å². The van der Waals surface area contributed by atoms with Crippen LogP contribution >= 0.6 is 0 Å². The van der Waals surface area contributed by atoms with Crippen LogP contribution in [0.5, 0.6) is 0 Å². The van der Waals surface area contributed by atoms with Gasteiger partial charge in [0.25, 0.3) is 0 Å². The molecule has 0 amide bonds. The minimum absolute atomic E-state index is 0.0486. The van der Waals surface area contributed by atoms with Crippen molar-refractivity contribution in [3.8, 4) is 0 Å². The molecule has 2 aromatic carbocycles. The van der Waals surface area contributed by atoms with E-state index in [0.717, 1.165) is 0 Å². The SMILES string of the molecule is CC(=COC(=O)c1ccccc1)C(O)=CCC(O)C(C)COC(=O)c1ccccc1. The van der Waals surface area contributed by atoms with Gasteiger partial charge in [0.2, 0.25) is 0 Å². The number of aliphatic hydroxyl groups is 2. The van der Waals surface area contributed by atoms with Gasteiger partial charge in [0.1, 0.15) is 12.0 Å². The number of ether oxygens (including phenoxy) is 2. The molecule has 0 heterocycles. The fraction of sp³-hybridized carbons (Fsp3) is 0.250. The van der Waals surface area contributed by atoms with Gasteiger partial charge in [-0.15, -0.1) is 0 Å². The molecule has 2 unspecified atom stereocenters. The number of carbonyl (C=O) groups is 2. The number of benzene rings is 2. The Morgan fingerprint density at radius 1 is 0.967 bits per heavy atom. The molecule has 0 aliphatic rings. The van der Waals surface area contributed by atoms with Crippen LogP contribution < -0.4 is 0 Å². The van der Waals surface area contributed by atoms with Crippen LogP contribution in [0.15, 0.2) is 84.3 Å². The largest absolute Gasteiger partial charge is 0.508 e. The van der Waals surface area contributed by atoms with E-state index >= 15 is 0 Å². The Bertz CT molecular complexity index is 886. The molecule has 2 atom stereocenters. The van der Waals surface area contributed by atoms with Crippen LogP contribution in [-0.2, 0) is 9.47 Å².